The summed E-state index contributed by atoms with van der Waals surface area (Å²) in [7, 11) is 0. The molecule has 3 rings (SSSR count). The molecule has 0 saturated heterocycles. The van der Waals surface area contributed by atoms with Gasteiger partial charge in [0.1, 0.15) is 0 Å². The van der Waals surface area contributed by atoms with Gasteiger partial charge in [0.25, 0.3) is 0 Å². The second kappa shape index (κ2) is 9.09. The molecule has 3 aliphatic rings. The van der Waals surface area contributed by atoms with Gasteiger partial charge in [0.15, 0.2) is 0 Å². The Morgan fingerprint density at radius 1 is 0.583 bits per heavy atom. The van der Waals surface area contributed by atoms with Gasteiger partial charge in [0.05, 0.1) is 0 Å². The Balaban J connectivity index is 1.63. The normalized spacial score (nSPS) is 29.2. The van der Waals surface area contributed by atoms with Gasteiger partial charge < -0.3 is 0 Å². The van der Waals surface area contributed by atoms with Gasteiger partial charge in [0.2, 0.25) is 0 Å². The third kappa shape index (κ3) is 4.59. The predicted octanol–water partition coefficient (Wildman–Crippen LogP) is 8.15. The van der Waals surface area contributed by atoms with E-state index in [1.807, 2.05) is 0 Å². The van der Waals surface area contributed by atoms with Gasteiger partial charge in [-0.05, 0) is 54.8 Å². The first-order valence-corrected chi connectivity index (χ1v) is 11.7. The van der Waals surface area contributed by atoms with Crippen LogP contribution in [0.4, 0.5) is 0 Å². The Hall–Kier alpha value is 0. The van der Waals surface area contributed by atoms with E-state index < -0.39 is 0 Å². The van der Waals surface area contributed by atoms with Crippen LogP contribution in [-0.2, 0) is 0 Å². The second-order valence-electron chi connectivity index (χ2n) is 10.1. The fourth-order valence-electron chi connectivity index (χ4n) is 7.00. The van der Waals surface area contributed by atoms with Gasteiger partial charge in [-0.1, -0.05) is 97.3 Å². The summed E-state index contributed by atoms with van der Waals surface area (Å²) in [6.45, 7) is 5.33. The van der Waals surface area contributed by atoms with Crippen molar-refractivity contribution < 1.29 is 0 Å². The summed E-state index contributed by atoms with van der Waals surface area (Å²) in [6, 6.07) is 0. The lowest BCUT2D eigenvalue weighted by molar-refractivity contribution is 0.0105. The molecule has 140 valence electrons. The molecular formula is C24H44. The Morgan fingerprint density at radius 3 is 1.38 bits per heavy atom. The van der Waals surface area contributed by atoms with Crippen molar-refractivity contribution in [1.29, 1.82) is 0 Å². The van der Waals surface area contributed by atoms with E-state index in [0.717, 1.165) is 23.7 Å². The lowest BCUT2D eigenvalue weighted by atomic mass is 9.56. The lowest BCUT2D eigenvalue weighted by Crippen LogP contribution is -2.39. The van der Waals surface area contributed by atoms with Crippen LogP contribution in [0.2, 0.25) is 0 Å². The van der Waals surface area contributed by atoms with E-state index in [4.69, 9.17) is 0 Å². The molecule has 3 aliphatic carbocycles. The molecule has 0 aromatic rings. The highest BCUT2D eigenvalue weighted by molar-refractivity contribution is 4.93. The van der Waals surface area contributed by atoms with Crippen LogP contribution in [0.3, 0.4) is 0 Å². The summed E-state index contributed by atoms with van der Waals surface area (Å²) in [5.41, 5.74) is 0.702. The van der Waals surface area contributed by atoms with E-state index in [2.05, 4.69) is 13.8 Å². The van der Waals surface area contributed by atoms with Crippen LogP contribution in [0.15, 0.2) is 0 Å². The molecule has 2 unspecified atom stereocenters. The zero-order chi connectivity index (χ0) is 16.8. The van der Waals surface area contributed by atoms with E-state index in [0.29, 0.717) is 5.41 Å². The molecule has 0 aliphatic heterocycles. The summed E-state index contributed by atoms with van der Waals surface area (Å²) in [6.07, 6.45) is 26.0. The molecule has 0 heteroatoms. The first-order valence-electron chi connectivity index (χ1n) is 11.7. The highest BCUT2D eigenvalue weighted by Gasteiger charge is 2.43. The molecule has 0 bridgehead atoms. The predicted molar refractivity (Wildman–Crippen MR) is 106 cm³/mol. The smallest absolute Gasteiger partial charge is 0.0246 e. The van der Waals surface area contributed by atoms with Crippen LogP contribution >= 0.6 is 0 Å². The van der Waals surface area contributed by atoms with Crippen molar-refractivity contribution in [2.75, 3.05) is 0 Å². The van der Waals surface area contributed by atoms with E-state index in [9.17, 15) is 0 Å². The Labute approximate surface area is 152 Å². The molecule has 0 aromatic carbocycles. The molecule has 3 fully saturated rings. The summed E-state index contributed by atoms with van der Waals surface area (Å²) in [4.78, 5) is 0. The maximum Gasteiger partial charge on any atom is -0.0246 e. The Bertz CT molecular complexity index is 311. The van der Waals surface area contributed by atoms with E-state index >= 15 is 0 Å². The summed E-state index contributed by atoms with van der Waals surface area (Å²) < 4.78 is 0. The molecule has 0 N–H and O–H groups in total. The molecule has 24 heavy (non-hydrogen) atoms. The van der Waals surface area contributed by atoms with E-state index in [-0.39, 0.29) is 0 Å². The van der Waals surface area contributed by atoms with Crippen molar-refractivity contribution in [3.63, 3.8) is 0 Å². The maximum atomic E-state index is 2.66. The topological polar surface area (TPSA) is 0 Å². The average Bonchev–Trinajstić information content (AvgIpc) is 2.64. The minimum atomic E-state index is 0.702. The van der Waals surface area contributed by atoms with Crippen molar-refractivity contribution in [2.24, 2.45) is 29.1 Å². The standard InChI is InChI=1S/C24H44/c1-20(18-22-12-6-3-7-13-22)24(16-10-5-11-17-24)21(2)19-23-14-8-4-9-15-23/h20-23H,3-19H2,1-2H3. The quantitative estimate of drug-likeness (QED) is 0.460. The van der Waals surface area contributed by atoms with Crippen LogP contribution in [-0.4, -0.2) is 0 Å². The van der Waals surface area contributed by atoms with Crippen molar-refractivity contribution in [1.82, 2.24) is 0 Å². The highest BCUT2D eigenvalue weighted by Crippen LogP contribution is 2.53. The van der Waals surface area contributed by atoms with E-state index in [1.165, 1.54) is 83.5 Å². The number of rotatable bonds is 6. The molecule has 0 amide bonds. The van der Waals surface area contributed by atoms with Crippen LogP contribution in [0.25, 0.3) is 0 Å². The van der Waals surface area contributed by atoms with Gasteiger partial charge in [0, 0.05) is 0 Å². The lowest BCUT2D eigenvalue weighted by Gasteiger charge is -2.49. The van der Waals surface area contributed by atoms with Crippen molar-refractivity contribution in [3.8, 4) is 0 Å². The fourth-order valence-corrected chi connectivity index (χ4v) is 7.00. The van der Waals surface area contributed by atoms with Crippen molar-refractivity contribution >= 4 is 0 Å². The zero-order valence-corrected chi connectivity index (χ0v) is 16.8. The number of hydrogen-bond acceptors (Lipinski definition) is 0. The van der Waals surface area contributed by atoms with Crippen LogP contribution in [0.1, 0.15) is 123 Å². The van der Waals surface area contributed by atoms with Gasteiger partial charge in [-0.25, -0.2) is 0 Å². The summed E-state index contributed by atoms with van der Waals surface area (Å²) in [5, 5.41) is 0. The Morgan fingerprint density at radius 2 is 0.958 bits per heavy atom. The van der Waals surface area contributed by atoms with Crippen molar-refractivity contribution in [3.05, 3.63) is 0 Å². The minimum Gasteiger partial charge on any atom is -0.0620 e. The fraction of sp³-hybridized carbons (Fsp3) is 1.00. The average molecular weight is 333 g/mol. The molecule has 2 atom stereocenters. The first kappa shape index (κ1) is 18.8. The first-order chi connectivity index (χ1) is 11.7. The molecule has 0 radical (unpaired) electrons. The van der Waals surface area contributed by atoms with E-state index in [1.54, 1.807) is 25.7 Å². The molecule has 3 saturated carbocycles. The summed E-state index contributed by atoms with van der Waals surface area (Å²) >= 11 is 0. The molecule has 0 nitrogen and oxygen atoms in total. The van der Waals surface area contributed by atoms with Crippen LogP contribution in [0, 0.1) is 29.1 Å². The van der Waals surface area contributed by atoms with Crippen LogP contribution in [0.5, 0.6) is 0 Å². The molecule has 0 aromatic heterocycles. The summed E-state index contributed by atoms with van der Waals surface area (Å²) in [5.74, 6) is 4.07. The third-order valence-electron chi connectivity index (χ3n) is 8.57. The largest absolute Gasteiger partial charge is 0.0620 e. The van der Waals surface area contributed by atoms with Gasteiger partial charge in [-0.15, -0.1) is 0 Å². The molecular weight excluding hydrogens is 288 g/mol. The SMILES string of the molecule is CC(CC1CCCCC1)C1(C(C)CC2CCCCC2)CCCCC1. The van der Waals surface area contributed by atoms with Crippen molar-refractivity contribution in [2.45, 2.75) is 123 Å². The van der Waals surface area contributed by atoms with Crippen LogP contribution < -0.4 is 0 Å². The van der Waals surface area contributed by atoms with Gasteiger partial charge >= 0.3 is 0 Å². The minimum absolute atomic E-state index is 0.702. The highest BCUT2D eigenvalue weighted by atomic mass is 14.5. The second-order valence-corrected chi connectivity index (χ2v) is 10.1. The zero-order valence-electron chi connectivity index (χ0n) is 16.8. The maximum absolute atomic E-state index is 2.66. The molecule has 0 heterocycles. The van der Waals surface area contributed by atoms with Gasteiger partial charge in [-0.2, -0.15) is 0 Å². The van der Waals surface area contributed by atoms with Gasteiger partial charge in [-0.3, -0.25) is 0 Å². The monoisotopic (exact) mass is 332 g/mol. The number of hydrogen-bond donors (Lipinski definition) is 0. The Kier molecular flexibility index (Phi) is 7.11. The molecule has 0 spiro atoms. The third-order valence-corrected chi connectivity index (χ3v) is 8.57.